The molecule has 1 saturated carbocycles. The zero-order valence-electron chi connectivity index (χ0n) is 11.4. The Morgan fingerprint density at radius 1 is 1.50 bits per heavy atom. The first-order valence-electron chi connectivity index (χ1n) is 6.54. The predicted molar refractivity (Wildman–Crippen MR) is 71.7 cm³/mol. The van der Waals surface area contributed by atoms with Crippen LogP contribution < -0.4 is 15.8 Å². The highest BCUT2D eigenvalue weighted by atomic mass is 16.5. The summed E-state index contributed by atoms with van der Waals surface area (Å²) in [4.78, 5) is 8.64. The first-order chi connectivity index (χ1) is 8.57. The Morgan fingerprint density at radius 3 is 2.78 bits per heavy atom. The maximum Gasteiger partial charge on any atom is 0.218 e. The Hall–Kier alpha value is -1.36. The maximum absolute atomic E-state index is 5.89. The molecule has 0 radical (unpaired) electrons. The van der Waals surface area contributed by atoms with Gasteiger partial charge in [0.15, 0.2) is 0 Å². The molecule has 1 aromatic rings. The minimum Gasteiger partial charge on any atom is -0.478 e. The number of rotatable bonds is 6. The van der Waals surface area contributed by atoms with Gasteiger partial charge in [-0.25, -0.2) is 4.98 Å². The van der Waals surface area contributed by atoms with Crippen molar-refractivity contribution in [3.8, 4) is 5.88 Å². The topological polar surface area (TPSA) is 73.1 Å². The lowest BCUT2D eigenvalue weighted by atomic mass is 9.96. The molecule has 1 atom stereocenters. The summed E-state index contributed by atoms with van der Waals surface area (Å²) in [7, 11) is 0. The molecule has 0 bridgehead atoms. The van der Waals surface area contributed by atoms with E-state index in [2.05, 4.69) is 22.2 Å². The van der Waals surface area contributed by atoms with Gasteiger partial charge >= 0.3 is 0 Å². The second-order valence-electron chi connectivity index (χ2n) is 5.09. The maximum atomic E-state index is 5.89. The normalized spacial score (nSPS) is 18.2. The molecule has 100 valence electrons. The van der Waals surface area contributed by atoms with E-state index in [4.69, 9.17) is 10.5 Å². The number of aryl methyl sites for hydroxylation is 1. The van der Waals surface area contributed by atoms with Crippen LogP contribution in [0.4, 0.5) is 5.82 Å². The number of anilines is 1. The van der Waals surface area contributed by atoms with E-state index in [9.17, 15) is 0 Å². The van der Waals surface area contributed by atoms with E-state index in [0.717, 1.165) is 5.82 Å². The Bertz CT molecular complexity index is 419. The van der Waals surface area contributed by atoms with Crippen LogP contribution in [0.5, 0.6) is 5.88 Å². The molecule has 5 nitrogen and oxygen atoms in total. The Labute approximate surface area is 108 Å². The third kappa shape index (κ3) is 2.90. The summed E-state index contributed by atoms with van der Waals surface area (Å²) in [6.45, 7) is 7.17. The molecule has 3 N–H and O–H groups in total. The fourth-order valence-corrected chi connectivity index (χ4v) is 2.16. The summed E-state index contributed by atoms with van der Waals surface area (Å²) < 4.78 is 5.43. The van der Waals surface area contributed by atoms with Crippen LogP contribution in [0.3, 0.4) is 0 Å². The standard InChI is InChI=1S/C13H22N4O/c1-4-18-12-7-11(15-9(2)16-12)17-13(3,8-14)10-5-6-10/h7,10H,4-6,8,14H2,1-3H3,(H,15,16,17). The van der Waals surface area contributed by atoms with Gasteiger partial charge in [0.2, 0.25) is 5.88 Å². The van der Waals surface area contributed by atoms with Crippen LogP contribution >= 0.6 is 0 Å². The molecule has 1 unspecified atom stereocenters. The summed E-state index contributed by atoms with van der Waals surface area (Å²) in [5, 5.41) is 3.45. The highest BCUT2D eigenvalue weighted by Gasteiger charge is 2.40. The Kier molecular flexibility index (Phi) is 3.71. The minimum atomic E-state index is -0.0791. The van der Waals surface area contributed by atoms with Crippen molar-refractivity contribution in [1.29, 1.82) is 0 Å². The van der Waals surface area contributed by atoms with Crippen LogP contribution in [0.25, 0.3) is 0 Å². The zero-order chi connectivity index (χ0) is 13.2. The van der Waals surface area contributed by atoms with Gasteiger partial charge in [-0.3, -0.25) is 0 Å². The quantitative estimate of drug-likeness (QED) is 0.804. The van der Waals surface area contributed by atoms with E-state index in [1.807, 2.05) is 19.9 Å². The highest BCUT2D eigenvalue weighted by molar-refractivity contribution is 5.42. The lowest BCUT2D eigenvalue weighted by Gasteiger charge is -2.30. The molecule has 18 heavy (non-hydrogen) atoms. The van der Waals surface area contributed by atoms with E-state index >= 15 is 0 Å². The summed E-state index contributed by atoms with van der Waals surface area (Å²) in [5.74, 6) is 2.76. The van der Waals surface area contributed by atoms with Crippen molar-refractivity contribution in [2.24, 2.45) is 11.7 Å². The van der Waals surface area contributed by atoms with Crippen LogP contribution in [0.15, 0.2) is 6.07 Å². The van der Waals surface area contributed by atoms with Crippen LogP contribution in [0, 0.1) is 12.8 Å². The lowest BCUT2D eigenvalue weighted by molar-refractivity contribution is 0.325. The smallest absolute Gasteiger partial charge is 0.218 e. The van der Waals surface area contributed by atoms with Crippen molar-refractivity contribution < 1.29 is 4.74 Å². The average Bonchev–Trinajstić information content (AvgIpc) is 3.12. The molecule has 1 fully saturated rings. The highest BCUT2D eigenvalue weighted by Crippen LogP contribution is 2.40. The first-order valence-corrected chi connectivity index (χ1v) is 6.54. The summed E-state index contributed by atoms with van der Waals surface area (Å²) >= 11 is 0. The lowest BCUT2D eigenvalue weighted by Crippen LogP contribution is -2.45. The monoisotopic (exact) mass is 250 g/mol. The average molecular weight is 250 g/mol. The number of nitrogens with one attached hydrogen (secondary N) is 1. The zero-order valence-corrected chi connectivity index (χ0v) is 11.4. The van der Waals surface area contributed by atoms with Gasteiger partial charge in [0.1, 0.15) is 11.6 Å². The number of hydrogen-bond donors (Lipinski definition) is 2. The number of hydrogen-bond acceptors (Lipinski definition) is 5. The van der Waals surface area contributed by atoms with Crippen molar-refractivity contribution in [3.63, 3.8) is 0 Å². The number of nitrogens with two attached hydrogens (primary N) is 1. The summed E-state index contributed by atoms with van der Waals surface area (Å²) in [5.41, 5.74) is 5.81. The largest absolute Gasteiger partial charge is 0.478 e. The van der Waals surface area contributed by atoms with E-state index < -0.39 is 0 Å². The molecule has 5 heteroatoms. The predicted octanol–water partition coefficient (Wildman–Crippen LogP) is 1.72. The third-order valence-corrected chi connectivity index (χ3v) is 3.42. The van der Waals surface area contributed by atoms with Gasteiger partial charge in [-0.1, -0.05) is 0 Å². The van der Waals surface area contributed by atoms with Crippen molar-refractivity contribution in [1.82, 2.24) is 9.97 Å². The summed E-state index contributed by atoms with van der Waals surface area (Å²) in [6, 6.07) is 1.84. The second kappa shape index (κ2) is 5.10. The minimum absolute atomic E-state index is 0.0791. The molecule has 0 amide bonds. The molecule has 1 aliphatic carbocycles. The van der Waals surface area contributed by atoms with Gasteiger partial charge in [0, 0.05) is 12.6 Å². The van der Waals surface area contributed by atoms with Crippen molar-refractivity contribution >= 4 is 5.82 Å². The van der Waals surface area contributed by atoms with Gasteiger partial charge < -0.3 is 15.8 Å². The number of aromatic nitrogens is 2. The van der Waals surface area contributed by atoms with Gasteiger partial charge in [-0.2, -0.15) is 4.98 Å². The van der Waals surface area contributed by atoms with Gasteiger partial charge in [-0.15, -0.1) is 0 Å². The van der Waals surface area contributed by atoms with E-state index in [-0.39, 0.29) is 5.54 Å². The van der Waals surface area contributed by atoms with Crippen LogP contribution in [0.2, 0.25) is 0 Å². The van der Waals surface area contributed by atoms with E-state index in [1.165, 1.54) is 12.8 Å². The fourth-order valence-electron chi connectivity index (χ4n) is 2.16. The Balaban J connectivity index is 2.17. The molecule has 0 spiro atoms. The van der Waals surface area contributed by atoms with Gasteiger partial charge in [0.05, 0.1) is 12.1 Å². The number of ether oxygens (including phenoxy) is 1. The van der Waals surface area contributed by atoms with Crippen molar-refractivity contribution in [3.05, 3.63) is 11.9 Å². The first kappa shape index (κ1) is 13.1. The van der Waals surface area contributed by atoms with Crippen molar-refractivity contribution in [2.45, 2.75) is 39.2 Å². The molecule has 1 aliphatic rings. The third-order valence-electron chi connectivity index (χ3n) is 3.42. The molecular formula is C13H22N4O. The molecule has 2 rings (SSSR count). The summed E-state index contributed by atoms with van der Waals surface area (Å²) in [6.07, 6.45) is 2.48. The second-order valence-corrected chi connectivity index (χ2v) is 5.09. The van der Waals surface area contributed by atoms with Crippen LogP contribution in [0.1, 0.15) is 32.5 Å². The number of nitrogens with zero attached hydrogens (tertiary/aromatic N) is 2. The fraction of sp³-hybridized carbons (Fsp3) is 0.692. The van der Waals surface area contributed by atoms with E-state index in [0.29, 0.717) is 30.8 Å². The molecule has 0 saturated heterocycles. The molecule has 1 heterocycles. The molecule has 0 aliphatic heterocycles. The van der Waals surface area contributed by atoms with E-state index in [1.54, 1.807) is 0 Å². The molecular weight excluding hydrogens is 228 g/mol. The SMILES string of the molecule is CCOc1cc(NC(C)(CN)C2CC2)nc(C)n1. The van der Waals surface area contributed by atoms with Crippen LogP contribution in [-0.4, -0.2) is 28.7 Å². The Morgan fingerprint density at radius 2 is 2.22 bits per heavy atom. The van der Waals surface area contributed by atoms with Crippen molar-refractivity contribution in [2.75, 3.05) is 18.5 Å². The van der Waals surface area contributed by atoms with Crippen LogP contribution in [-0.2, 0) is 0 Å². The molecule has 0 aromatic carbocycles. The van der Waals surface area contributed by atoms with Gasteiger partial charge in [-0.05, 0) is 39.5 Å². The molecule has 1 aromatic heterocycles. The van der Waals surface area contributed by atoms with Gasteiger partial charge in [0.25, 0.3) is 0 Å².